The van der Waals surface area contributed by atoms with Crippen molar-refractivity contribution in [3.8, 4) is 0 Å². The van der Waals surface area contributed by atoms with Crippen LogP contribution in [0.1, 0.15) is 22.0 Å². The van der Waals surface area contributed by atoms with Gasteiger partial charge in [0.2, 0.25) is 5.91 Å². The summed E-state index contributed by atoms with van der Waals surface area (Å²) in [7, 11) is 0. The van der Waals surface area contributed by atoms with E-state index in [2.05, 4.69) is 4.98 Å². The highest BCUT2D eigenvalue weighted by atomic mass is 16.2. The van der Waals surface area contributed by atoms with Crippen molar-refractivity contribution in [2.75, 3.05) is 13.1 Å². The Bertz CT molecular complexity index is 1120. The molecule has 2 amide bonds. The Morgan fingerprint density at radius 2 is 1.96 bits per heavy atom. The fraction of sp³-hybridized carbons (Fsp3) is 0.300. The highest BCUT2D eigenvalue weighted by molar-refractivity contribution is 5.90. The number of fused-ring (bicyclic) bond motifs is 2. The van der Waals surface area contributed by atoms with Crippen molar-refractivity contribution in [3.63, 3.8) is 0 Å². The Labute approximate surface area is 161 Å². The summed E-state index contributed by atoms with van der Waals surface area (Å²) >= 11 is 0. The Balaban J connectivity index is 1.55. The predicted molar refractivity (Wildman–Crippen MR) is 104 cm³/mol. The number of rotatable bonds is 3. The molecule has 144 valence electrons. The topological polar surface area (TPSA) is 103 Å². The molecule has 3 aromatic rings. The average Bonchev–Trinajstić information content (AvgIpc) is 2.98. The van der Waals surface area contributed by atoms with Crippen molar-refractivity contribution in [2.24, 2.45) is 5.73 Å². The number of imidazole rings is 1. The van der Waals surface area contributed by atoms with E-state index in [0.29, 0.717) is 31.4 Å². The minimum absolute atomic E-state index is 0.0159. The van der Waals surface area contributed by atoms with Crippen LogP contribution in [0.5, 0.6) is 0 Å². The summed E-state index contributed by atoms with van der Waals surface area (Å²) in [5.41, 5.74) is 7.02. The van der Waals surface area contributed by atoms with E-state index in [0.717, 1.165) is 17.0 Å². The maximum absolute atomic E-state index is 13.0. The van der Waals surface area contributed by atoms with E-state index >= 15 is 0 Å². The summed E-state index contributed by atoms with van der Waals surface area (Å²) in [6, 6.07) is 8.89. The van der Waals surface area contributed by atoms with Crippen LogP contribution in [0, 0.1) is 6.92 Å². The molecule has 0 bridgehead atoms. The second-order valence-corrected chi connectivity index (χ2v) is 6.98. The Kier molecular flexibility index (Phi) is 4.46. The average molecular weight is 379 g/mol. The minimum atomic E-state index is -0.547. The van der Waals surface area contributed by atoms with Crippen molar-refractivity contribution in [3.05, 3.63) is 64.0 Å². The smallest absolute Gasteiger partial charge is 0.268 e. The van der Waals surface area contributed by atoms with Crippen LogP contribution in [0.3, 0.4) is 0 Å². The number of nitrogens with two attached hydrogens (primary N) is 1. The standard InChI is InChI=1S/C20H21N5O3/c1-13-10-17(26)14-4-2-3-5-16(14)25(13)12-19(27)23-7-6-18-22-15(20(21)28)11-24(18)9-8-23/h2-5,10-11H,6-9,12H2,1H3,(H2,21,28). The van der Waals surface area contributed by atoms with E-state index in [1.807, 2.05) is 34.3 Å². The second-order valence-electron chi connectivity index (χ2n) is 6.98. The zero-order valence-corrected chi connectivity index (χ0v) is 15.6. The Morgan fingerprint density at radius 1 is 1.18 bits per heavy atom. The number of nitrogens with zero attached hydrogens (tertiary/aromatic N) is 4. The van der Waals surface area contributed by atoms with Gasteiger partial charge in [-0.15, -0.1) is 0 Å². The molecule has 0 radical (unpaired) electrons. The van der Waals surface area contributed by atoms with Gasteiger partial charge in [-0.05, 0) is 19.1 Å². The van der Waals surface area contributed by atoms with Gasteiger partial charge in [0.15, 0.2) is 5.43 Å². The van der Waals surface area contributed by atoms with Crippen LogP contribution in [0.15, 0.2) is 41.3 Å². The van der Waals surface area contributed by atoms with E-state index in [-0.39, 0.29) is 23.6 Å². The molecule has 2 aromatic heterocycles. The van der Waals surface area contributed by atoms with Crippen LogP contribution < -0.4 is 11.2 Å². The largest absolute Gasteiger partial charge is 0.364 e. The zero-order valence-electron chi connectivity index (χ0n) is 15.6. The number of hydrogen-bond acceptors (Lipinski definition) is 4. The molecule has 4 rings (SSSR count). The summed E-state index contributed by atoms with van der Waals surface area (Å²) in [4.78, 5) is 42.5. The molecule has 0 saturated heterocycles. The van der Waals surface area contributed by atoms with Crippen LogP contribution >= 0.6 is 0 Å². The fourth-order valence-electron chi connectivity index (χ4n) is 3.69. The van der Waals surface area contributed by atoms with E-state index in [1.165, 1.54) is 0 Å². The predicted octanol–water partition coefficient (Wildman–Crippen LogP) is 0.690. The van der Waals surface area contributed by atoms with Crippen LogP contribution in [0.4, 0.5) is 0 Å². The van der Waals surface area contributed by atoms with Gasteiger partial charge in [0.1, 0.15) is 18.1 Å². The number of primary amides is 1. The molecule has 1 aliphatic rings. The molecule has 2 N–H and O–H groups in total. The van der Waals surface area contributed by atoms with E-state index in [4.69, 9.17) is 5.73 Å². The molecule has 1 aromatic carbocycles. The van der Waals surface area contributed by atoms with Gasteiger partial charge in [-0.1, -0.05) is 12.1 Å². The number of amides is 2. The number of hydrogen-bond donors (Lipinski definition) is 1. The number of carbonyl (C=O) groups is 2. The molecular formula is C20H21N5O3. The quantitative estimate of drug-likeness (QED) is 0.723. The van der Waals surface area contributed by atoms with Crippen LogP contribution in [-0.2, 0) is 24.3 Å². The lowest BCUT2D eigenvalue weighted by atomic mass is 10.2. The summed E-state index contributed by atoms with van der Waals surface area (Å²) in [6.45, 7) is 3.61. The van der Waals surface area contributed by atoms with E-state index in [9.17, 15) is 14.4 Å². The van der Waals surface area contributed by atoms with Crippen molar-refractivity contribution in [2.45, 2.75) is 26.4 Å². The summed E-state index contributed by atoms with van der Waals surface area (Å²) in [5.74, 6) is 0.195. The molecule has 3 heterocycles. The first-order valence-electron chi connectivity index (χ1n) is 9.17. The van der Waals surface area contributed by atoms with Gasteiger partial charge in [-0.2, -0.15) is 0 Å². The number of pyridine rings is 1. The Morgan fingerprint density at radius 3 is 2.75 bits per heavy atom. The number of para-hydroxylation sites is 1. The lowest BCUT2D eigenvalue weighted by molar-refractivity contribution is -0.131. The molecule has 1 aliphatic heterocycles. The van der Waals surface area contributed by atoms with Crippen LogP contribution in [0.25, 0.3) is 10.9 Å². The molecule has 8 heteroatoms. The first-order valence-corrected chi connectivity index (χ1v) is 9.17. The zero-order chi connectivity index (χ0) is 19.8. The number of carbonyl (C=O) groups excluding carboxylic acids is 2. The number of benzene rings is 1. The third-order valence-electron chi connectivity index (χ3n) is 5.20. The van der Waals surface area contributed by atoms with Crippen molar-refractivity contribution < 1.29 is 9.59 Å². The molecule has 0 fully saturated rings. The second kappa shape index (κ2) is 6.95. The maximum atomic E-state index is 13.0. The summed E-state index contributed by atoms with van der Waals surface area (Å²) < 4.78 is 3.76. The molecule has 0 atom stereocenters. The molecule has 0 saturated carbocycles. The first kappa shape index (κ1) is 18.0. The molecule has 0 spiro atoms. The van der Waals surface area contributed by atoms with E-state index < -0.39 is 5.91 Å². The molecular weight excluding hydrogens is 358 g/mol. The summed E-state index contributed by atoms with van der Waals surface area (Å²) in [5, 5.41) is 0.607. The van der Waals surface area contributed by atoms with Gasteiger partial charge in [-0.3, -0.25) is 14.4 Å². The lowest BCUT2D eigenvalue weighted by Crippen LogP contribution is -2.36. The van der Waals surface area contributed by atoms with Gasteiger partial charge >= 0.3 is 0 Å². The third kappa shape index (κ3) is 3.17. The molecule has 0 aliphatic carbocycles. The number of aromatic nitrogens is 3. The van der Waals surface area contributed by atoms with E-state index in [1.54, 1.807) is 23.2 Å². The van der Waals surface area contributed by atoms with Gasteiger partial charge < -0.3 is 19.8 Å². The normalized spacial score (nSPS) is 14.0. The highest BCUT2D eigenvalue weighted by Crippen LogP contribution is 2.15. The first-order chi connectivity index (χ1) is 13.4. The van der Waals surface area contributed by atoms with Crippen molar-refractivity contribution in [1.29, 1.82) is 0 Å². The fourth-order valence-corrected chi connectivity index (χ4v) is 3.69. The van der Waals surface area contributed by atoms with Crippen molar-refractivity contribution >= 4 is 22.7 Å². The van der Waals surface area contributed by atoms with Crippen LogP contribution in [-0.4, -0.2) is 43.9 Å². The monoisotopic (exact) mass is 379 g/mol. The third-order valence-corrected chi connectivity index (χ3v) is 5.20. The van der Waals surface area contributed by atoms with Gasteiger partial charge in [-0.25, -0.2) is 4.98 Å². The molecule has 8 nitrogen and oxygen atoms in total. The van der Waals surface area contributed by atoms with Crippen molar-refractivity contribution in [1.82, 2.24) is 19.0 Å². The Hall–Kier alpha value is -3.42. The highest BCUT2D eigenvalue weighted by Gasteiger charge is 2.22. The lowest BCUT2D eigenvalue weighted by Gasteiger charge is -2.22. The van der Waals surface area contributed by atoms with Gasteiger partial charge in [0, 0.05) is 49.4 Å². The SMILES string of the molecule is Cc1cc(=O)c2ccccc2n1CC(=O)N1CCc2nc(C(N)=O)cn2CC1. The minimum Gasteiger partial charge on any atom is -0.364 e. The van der Waals surface area contributed by atoms with Crippen LogP contribution in [0.2, 0.25) is 0 Å². The molecule has 0 unspecified atom stereocenters. The number of aryl methyl sites for hydroxylation is 1. The molecule has 28 heavy (non-hydrogen) atoms. The van der Waals surface area contributed by atoms with Gasteiger partial charge in [0.25, 0.3) is 5.91 Å². The van der Waals surface area contributed by atoms with Gasteiger partial charge in [0.05, 0.1) is 5.52 Å². The summed E-state index contributed by atoms with van der Waals surface area (Å²) in [6.07, 6.45) is 2.20. The maximum Gasteiger partial charge on any atom is 0.268 e.